The molecule has 0 atom stereocenters. The smallest absolute Gasteiger partial charge is 0.358 e. The van der Waals surface area contributed by atoms with Crippen LogP contribution in [0.25, 0.3) is 0 Å². The Labute approximate surface area is 126 Å². The minimum absolute atomic E-state index is 0.0111. The molecule has 0 aliphatic carbocycles. The lowest BCUT2D eigenvalue weighted by atomic mass is 10.2. The molecule has 1 aromatic heterocycles. The molecule has 0 aliphatic heterocycles. The van der Waals surface area contributed by atoms with E-state index in [2.05, 4.69) is 21.0 Å². The van der Waals surface area contributed by atoms with Crippen LogP contribution < -0.4 is 5.14 Å². The van der Waals surface area contributed by atoms with Crippen LogP contribution in [0.4, 0.5) is 10.2 Å². The number of benzene rings is 1. The van der Waals surface area contributed by atoms with E-state index in [0.29, 0.717) is 10.0 Å². The molecule has 0 amide bonds. The van der Waals surface area contributed by atoms with Crippen molar-refractivity contribution in [2.75, 3.05) is 0 Å². The number of hydrogen-bond donors (Lipinski definition) is 1. The normalized spacial score (nSPS) is 11.6. The summed E-state index contributed by atoms with van der Waals surface area (Å²) in [6.45, 7) is 0.0111. The first-order valence-electron chi connectivity index (χ1n) is 5.37. The lowest BCUT2D eigenvalue weighted by molar-refractivity contribution is -0.392. The molecule has 0 unspecified atom stereocenters. The van der Waals surface area contributed by atoms with Crippen molar-refractivity contribution < 1.29 is 17.7 Å². The maximum Gasteiger partial charge on any atom is 0.410 e. The number of sulfonamides is 1. The van der Waals surface area contributed by atoms with Crippen LogP contribution in [0.3, 0.4) is 0 Å². The van der Waals surface area contributed by atoms with E-state index in [4.69, 9.17) is 5.14 Å². The number of nitrogens with two attached hydrogens (primary N) is 1. The lowest BCUT2D eigenvalue weighted by Gasteiger charge is -2.02. The van der Waals surface area contributed by atoms with E-state index in [-0.39, 0.29) is 6.54 Å². The van der Waals surface area contributed by atoms with Gasteiger partial charge in [-0.15, -0.1) is 0 Å². The summed E-state index contributed by atoms with van der Waals surface area (Å²) in [6.07, 6.45) is 0.962. The second-order valence-electron chi connectivity index (χ2n) is 4.05. The molecule has 2 rings (SSSR count). The third-order valence-electron chi connectivity index (χ3n) is 2.54. The molecule has 11 heteroatoms. The average molecular weight is 379 g/mol. The first kappa shape index (κ1) is 15.5. The molecule has 112 valence electrons. The Bertz CT molecular complexity index is 820. The predicted octanol–water partition coefficient (Wildman–Crippen LogP) is 1.39. The summed E-state index contributed by atoms with van der Waals surface area (Å²) in [4.78, 5) is 9.19. The Morgan fingerprint density at radius 1 is 1.48 bits per heavy atom. The van der Waals surface area contributed by atoms with Crippen LogP contribution >= 0.6 is 15.9 Å². The van der Waals surface area contributed by atoms with Gasteiger partial charge in [0.15, 0.2) is 0 Å². The minimum Gasteiger partial charge on any atom is -0.358 e. The van der Waals surface area contributed by atoms with E-state index in [0.717, 1.165) is 10.9 Å². The summed E-state index contributed by atoms with van der Waals surface area (Å²) in [5, 5.41) is 19.3. The second-order valence-corrected chi connectivity index (χ2v) is 6.44. The SMILES string of the molecule is NS(=O)(=O)c1cn(Cc2ccc(F)cc2Br)nc1[N+](=O)[O-]. The molecule has 0 saturated heterocycles. The first-order chi connectivity index (χ1) is 9.68. The van der Waals surface area contributed by atoms with E-state index >= 15 is 0 Å². The maximum atomic E-state index is 13.0. The third-order valence-corrected chi connectivity index (χ3v) is 4.18. The number of aromatic nitrogens is 2. The minimum atomic E-state index is -4.26. The van der Waals surface area contributed by atoms with Crippen molar-refractivity contribution >= 4 is 31.8 Å². The third kappa shape index (κ3) is 3.43. The number of halogens is 2. The molecule has 0 radical (unpaired) electrons. The van der Waals surface area contributed by atoms with Crippen LogP contribution in [0.1, 0.15) is 5.56 Å². The highest BCUT2D eigenvalue weighted by molar-refractivity contribution is 9.10. The lowest BCUT2D eigenvalue weighted by Crippen LogP contribution is -2.13. The molecule has 0 saturated carbocycles. The van der Waals surface area contributed by atoms with Gasteiger partial charge in [0.1, 0.15) is 5.82 Å². The summed E-state index contributed by atoms with van der Waals surface area (Å²) in [6, 6.07) is 3.87. The summed E-state index contributed by atoms with van der Waals surface area (Å²) in [7, 11) is -4.26. The second kappa shape index (κ2) is 5.50. The highest BCUT2D eigenvalue weighted by atomic mass is 79.9. The topological polar surface area (TPSA) is 121 Å². The molecule has 0 aliphatic rings. The quantitative estimate of drug-likeness (QED) is 0.636. The number of rotatable bonds is 4. The highest BCUT2D eigenvalue weighted by Gasteiger charge is 2.28. The number of nitro groups is 1. The summed E-state index contributed by atoms with van der Waals surface area (Å²) in [5.41, 5.74) is 0.565. The molecule has 1 heterocycles. The molecule has 0 bridgehead atoms. The molecule has 2 N–H and O–H groups in total. The average Bonchev–Trinajstić information content (AvgIpc) is 2.77. The van der Waals surface area contributed by atoms with Gasteiger partial charge >= 0.3 is 5.82 Å². The largest absolute Gasteiger partial charge is 0.410 e. The standard InChI is InChI=1S/C10H8BrFN4O4S/c11-8-3-7(12)2-1-6(8)4-15-5-9(21(13,19)20)10(14-15)16(17)18/h1-3,5H,4H2,(H2,13,19,20). The van der Waals surface area contributed by atoms with Gasteiger partial charge in [0.25, 0.3) is 0 Å². The summed E-state index contributed by atoms with van der Waals surface area (Å²) >= 11 is 3.14. The van der Waals surface area contributed by atoms with E-state index in [1.54, 1.807) is 0 Å². The van der Waals surface area contributed by atoms with E-state index in [1.807, 2.05) is 0 Å². The van der Waals surface area contributed by atoms with Crippen LogP contribution in [-0.4, -0.2) is 23.1 Å². The van der Waals surface area contributed by atoms with E-state index < -0.39 is 31.5 Å². The number of primary sulfonamides is 1. The highest BCUT2D eigenvalue weighted by Crippen LogP contribution is 2.23. The summed E-state index contributed by atoms with van der Waals surface area (Å²) in [5.74, 6) is -1.31. The van der Waals surface area contributed by atoms with Crippen molar-refractivity contribution in [3.8, 4) is 0 Å². The van der Waals surface area contributed by atoms with Gasteiger partial charge in [-0.25, -0.2) is 17.9 Å². The van der Waals surface area contributed by atoms with Gasteiger partial charge in [-0.1, -0.05) is 22.0 Å². The van der Waals surface area contributed by atoms with Crippen molar-refractivity contribution in [1.82, 2.24) is 9.78 Å². The zero-order valence-corrected chi connectivity index (χ0v) is 12.6. The van der Waals surface area contributed by atoms with Crippen LogP contribution in [0.15, 0.2) is 33.8 Å². The maximum absolute atomic E-state index is 13.0. The van der Waals surface area contributed by atoms with Crippen molar-refractivity contribution in [2.45, 2.75) is 11.4 Å². The molecule has 2 aromatic rings. The van der Waals surface area contributed by atoms with Crippen LogP contribution in [0, 0.1) is 15.9 Å². The Morgan fingerprint density at radius 2 is 2.14 bits per heavy atom. The van der Waals surface area contributed by atoms with Gasteiger partial charge in [0.05, 0.1) is 17.8 Å². The molecule has 8 nitrogen and oxygen atoms in total. The molecular formula is C10H8BrFN4O4S. The summed E-state index contributed by atoms with van der Waals surface area (Å²) < 4.78 is 37.1. The van der Waals surface area contributed by atoms with Gasteiger partial charge < -0.3 is 10.1 Å². The van der Waals surface area contributed by atoms with Gasteiger partial charge in [-0.3, -0.25) is 0 Å². The molecule has 1 aromatic carbocycles. The first-order valence-corrected chi connectivity index (χ1v) is 7.71. The molecule has 0 fully saturated rings. The fourth-order valence-corrected chi connectivity index (χ4v) is 2.74. The van der Waals surface area contributed by atoms with E-state index in [9.17, 15) is 22.9 Å². The van der Waals surface area contributed by atoms with Gasteiger partial charge in [-0.05, 0) is 22.6 Å². The van der Waals surface area contributed by atoms with Gasteiger partial charge in [0.2, 0.25) is 14.9 Å². The Hall–Kier alpha value is -1.85. The Morgan fingerprint density at radius 3 is 2.62 bits per heavy atom. The number of hydrogen-bond acceptors (Lipinski definition) is 5. The van der Waals surface area contributed by atoms with Crippen molar-refractivity contribution in [2.24, 2.45) is 5.14 Å². The fraction of sp³-hybridized carbons (Fsp3) is 0.100. The Kier molecular flexibility index (Phi) is 4.07. The fourth-order valence-electron chi connectivity index (χ4n) is 1.63. The number of nitrogens with zero attached hydrogens (tertiary/aromatic N) is 3. The molecule has 21 heavy (non-hydrogen) atoms. The van der Waals surface area contributed by atoms with Gasteiger partial charge in [0, 0.05) is 4.47 Å². The van der Waals surface area contributed by atoms with Crippen molar-refractivity contribution in [3.63, 3.8) is 0 Å². The molecular weight excluding hydrogens is 371 g/mol. The van der Waals surface area contributed by atoms with Crippen LogP contribution in [0.2, 0.25) is 0 Å². The van der Waals surface area contributed by atoms with Crippen molar-refractivity contribution in [3.05, 3.63) is 50.4 Å². The van der Waals surface area contributed by atoms with Crippen LogP contribution in [-0.2, 0) is 16.6 Å². The molecule has 0 spiro atoms. The van der Waals surface area contributed by atoms with Gasteiger partial charge in [-0.2, -0.15) is 4.68 Å². The Balaban J connectivity index is 2.44. The van der Waals surface area contributed by atoms with Crippen LogP contribution in [0.5, 0.6) is 0 Å². The zero-order valence-electron chi connectivity index (χ0n) is 10.2. The monoisotopic (exact) mass is 378 g/mol. The predicted molar refractivity (Wildman–Crippen MR) is 73.5 cm³/mol. The van der Waals surface area contributed by atoms with Crippen molar-refractivity contribution in [1.29, 1.82) is 0 Å². The van der Waals surface area contributed by atoms with E-state index in [1.165, 1.54) is 18.2 Å². The zero-order chi connectivity index (χ0) is 15.8.